The molecule has 0 unspecified atom stereocenters. The molecular weight excluding hydrogens is 361 g/mol. The summed E-state index contributed by atoms with van der Waals surface area (Å²) in [6, 6.07) is 4.80. The molecule has 2 N–H and O–H groups in total. The van der Waals surface area contributed by atoms with E-state index in [9.17, 15) is 14.7 Å². The lowest BCUT2D eigenvalue weighted by Crippen LogP contribution is -2.25. The number of rotatable bonds is 6. The minimum absolute atomic E-state index is 0.0525. The van der Waals surface area contributed by atoms with Gasteiger partial charge in [-0.1, -0.05) is 0 Å². The molecule has 0 aliphatic carbocycles. The summed E-state index contributed by atoms with van der Waals surface area (Å²) in [4.78, 5) is 22.9. The molecule has 0 aromatic heterocycles. The highest BCUT2D eigenvalue weighted by Gasteiger charge is 2.11. The number of hydrogen-bond acceptors (Lipinski definition) is 4. The van der Waals surface area contributed by atoms with Crippen LogP contribution in [0.25, 0.3) is 0 Å². The van der Waals surface area contributed by atoms with Crippen molar-refractivity contribution < 1.29 is 19.4 Å². The Balaban J connectivity index is 2.39. The first-order chi connectivity index (χ1) is 9.04. The van der Waals surface area contributed by atoms with Crippen molar-refractivity contribution in [2.24, 2.45) is 0 Å². The van der Waals surface area contributed by atoms with E-state index in [0.717, 1.165) is 3.57 Å². The number of nitrogens with one attached hydrogen (secondary N) is 1. The molecule has 0 bridgehead atoms. The average Bonchev–Trinajstić information content (AvgIpc) is 2.37. The monoisotopic (exact) mass is 377 g/mol. The van der Waals surface area contributed by atoms with Crippen LogP contribution in [-0.2, 0) is 9.53 Å². The smallest absolute Gasteiger partial charge is 0.305 e. The minimum Gasteiger partial charge on any atom is -0.507 e. The number of amides is 1. The van der Waals surface area contributed by atoms with Crippen molar-refractivity contribution in [1.29, 1.82) is 0 Å². The predicted molar refractivity (Wildman–Crippen MR) is 79.0 cm³/mol. The number of carbonyl (C=O) groups excluding carboxylic acids is 2. The number of phenols is 1. The van der Waals surface area contributed by atoms with Crippen molar-refractivity contribution in [3.8, 4) is 5.75 Å². The standard InChI is InChI=1S/C13H16INO4/c1-2-19-12(17)4-3-7-15-13(18)10-8-9(14)5-6-11(10)16/h5-6,8,16H,2-4,7H2,1H3,(H,15,18). The van der Waals surface area contributed by atoms with Crippen LogP contribution in [0.4, 0.5) is 0 Å². The lowest BCUT2D eigenvalue weighted by Gasteiger charge is -2.07. The van der Waals surface area contributed by atoms with Crippen molar-refractivity contribution in [2.75, 3.05) is 13.2 Å². The Morgan fingerprint density at radius 3 is 2.84 bits per heavy atom. The molecule has 0 spiro atoms. The third-order valence-electron chi connectivity index (χ3n) is 2.35. The van der Waals surface area contributed by atoms with Crippen molar-refractivity contribution in [3.05, 3.63) is 27.3 Å². The van der Waals surface area contributed by atoms with Crippen LogP contribution in [0.15, 0.2) is 18.2 Å². The van der Waals surface area contributed by atoms with E-state index in [1.54, 1.807) is 19.1 Å². The van der Waals surface area contributed by atoms with Gasteiger partial charge in [0.05, 0.1) is 12.2 Å². The zero-order chi connectivity index (χ0) is 14.3. The minimum atomic E-state index is -0.347. The van der Waals surface area contributed by atoms with Crippen molar-refractivity contribution >= 4 is 34.5 Å². The molecule has 0 fully saturated rings. The Bertz CT molecular complexity index is 462. The highest BCUT2D eigenvalue weighted by atomic mass is 127. The molecule has 0 saturated carbocycles. The molecule has 5 nitrogen and oxygen atoms in total. The second-order valence-corrected chi connectivity index (χ2v) is 5.07. The molecular formula is C13H16INO4. The van der Waals surface area contributed by atoms with Crippen LogP contribution < -0.4 is 5.32 Å². The molecule has 0 atom stereocenters. The number of hydrogen-bond donors (Lipinski definition) is 2. The molecule has 0 radical (unpaired) electrons. The summed E-state index contributed by atoms with van der Waals surface area (Å²) in [7, 11) is 0. The Morgan fingerprint density at radius 2 is 2.16 bits per heavy atom. The molecule has 0 aliphatic rings. The first kappa shape index (κ1) is 15.7. The zero-order valence-corrected chi connectivity index (χ0v) is 12.8. The van der Waals surface area contributed by atoms with Gasteiger partial charge in [-0.05, 0) is 54.1 Å². The molecule has 19 heavy (non-hydrogen) atoms. The molecule has 0 heterocycles. The Hall–Kier alpha value is -1.31. The summed E-state index contributed by atoms with van der Waals surface area (Å²) in [5.74, 6) is -0.669. The maximum atomic E-state index is 11.8. The topological polar surface area (TPSA) is 75.6 Å². The predicted octanol–water partition coefficient (Wildman–Crippen LogP) is 2.07. The van der Waals surface area contributed by atoms with E-state index >= 15 is 0 Å². The molecule has 0 aliphatic heterocycles. The van der Waals surface area contributed by atoms with E-state index in [0.29, 0.717) is 19.6 Å². The summed E-state index contributed by atoms with van der Waals surface area (Å²) >= 11 is 2.07. The average molecular weight is 377 g/mol. The van der Waals surface area contributed by atoms with E-state index in [1.165, 1.54) is 6.07 Å². The van der Waals surface area contributed by atoms with Gasteiger partial charge in [0.2, 0.25) is 0 Å². The third kappa shape index (κ3) is 5.46. The Morgan fingerprint density at radius 1 is 1.42 bits per heavy atom. The van der Waals surface area contributed by atoms with Gasteiger partial charge in [-0.15, -0.1) is 0 Å². The molecule has 0 saturated heterocycles. The second kappa shape index (κ2) is 7.98. The fraction of sp³-hybridized carbons (Fsp3) is 0.385. The fourth-order valence-electron chi connectivity index (χ4n) is 1.45. The second-order valence-electron chi connectivity index (χ2n) is 3.83. The lowest BCUT2D eigenvalue weighted by molar-refractivity contribution is -0.143. The summed E-state index contributed by atoms with van der Waals surface area (Å²) in [5.41, 5.74) is 0.239. The van der Waals surface area contributed by atoms with Crippen LogP contribution >= 0.6 is 22.6 Å². The van der Waals surface area contributed by atoms with Crippen molar-refractivity contribution in [2.45, 2.75) is 19.8 Å². The maximum Gasteiger partial charge on any atom is 0.305 e. The Kier molecular flexibility index (Phi) is 6.61. The number of benzene rings is 1. The number of phenolic OH excluding ortho intramolecular Hbond substituents is 1. The van der Waals surface area contributed by atoms with Crippen molar-refractivity contribution in [1.82, 2.24) is 5.32 Å². The quantitative estimate of drug-likeness (QED) is 0.452. The van der Waals surface area contributed by atoms with Crippen LogP contribution in [0.5, 0.6) is 5.75 Å². The number of halogens is 1. The van der Waals surface area contributed by atoms with Crippen LogP contribution in [0.2, 0.25) is 0 Å². The molecule has 1 amide bonds. The summed E-state index contributed by atoms with van der Waals surface area (Å²) < 4.78 is 5.64. The van der Waals surface area contributed by atoms with E-state index in [4.69, 9.17) is 4.74 Å². The van der Waals surface area contributed by atoms with E-state index < -0.39 is 0 Å². The van der Waals surface area contributed by atoms with Crippen LogP contribution in [0, 0.1) is 3.57 Å². The van der Waals surface area contributed by atoms with E-state index in [-0.39, 0.29) is 29.6 Å². The number of aromatic hydroxyl groups is 1. The normalized spacial score (nSPS) is 10.0. The van der Waals surface area contributed by atoms with Gasteiger partial charge >= 0.3 is 5.97 Å². The van der Waals surface area contributed by atoms with Gasteiger partial charge in [0.15, 0.2) is 0 Å². The van der Waals surface area contributed by atoms with Crippen LogP contribution in [0.3, 0.4) is 0 Å². The van der Waals surface area contributed by atoms with Gasteiger partial charge in [-0.25, -0.2) is 0 Å². The summed E-state index contributed by atoms with van der Waals surface area (Å²) in [5, 5.41) is 12.2. The van der Waals surface area contributed by atoms with Gasteiger partial charge in [-0.3, -0.25) is 9.59 Å². The molecule has 1 rings (SSSR count). The van der Waals surface area contributed by atoms with Gasteiger partial charge in [-0.2, -0.15) is 0 Å². The van der Waals surface area contributed by atoms with Crippen molar-refractivity contribution in [3.63, 3.8) is 0 Å². The molecule has 1 aromatic rings. The maximum absolute atomic E-state index is 11.8. The van der Waals surface area contributed by atoms with Gasteiger partial charge in [0, 0.05) is 16.5 Å². The first-order valence-corrected chi connectivity index (χ1v) is 7.04. The largest absolute Gasteiger partial charge is 0.507 e. The van der Waals surface area contributed by atoms with Gasteiger partial charge < -0.3 is 15.2 Å². The Labute approximate surface area is 125 Å². The fourth-order valence-corrected chi connectivity index (χ4v) is 1.94. The first-order valence-electron chi connectivity index (χ1n) is 5.97. The number of carbonyl (C=O) groups is 2. The zero-order valence-electron chi connectivity index (χ0n) is 10.6. The highest BCUT2D eigenvalue weighted by Crippen LogP contribution is 2.19. The molecule has 6 heteroatoms. The van der Waals surface area contributed by atoms with Gasteiger partial charge in [0.1, 0.15) is 5.75 Å². The van der Waals surface area contributed by atoms with E-state index in [1.807, 2.05) is 0 Å². The number of esters is 1. The summed E-state index contributed by atoms with van der Waals surface area (Å²) in [6.07, 6.45) is 0.779. The van der Waals surface area contributed by atoms with Crippen LogP contribution in [0.1, 0.15) is 30.1 Å². The number of ether oxygens (including phenoxy) is 1. The molecule has 1 aromatic carbocycles. The lowest BCUT2D eigenvalue weighted by atomic mass is 10.2. The summed E-state index contributed by atoms with van der Waals surface area (Å²) in [6.45, 7) is 2.48. The third-order valence-corrected chi connectivity index (χ3v) is 3.02. The van der Waals surface area contributed by atoms with Gasteiger partial charge in [0.25, 0.3) is 5.91 Å². The highest BCUT2D eigenvalue weighted by molar-refractivity contribution is 14.1. The molecule has 104 valence electrons. The SMILES string of the molecule is CCOC(=O)CCCNC(=O)c1cc(I)ccc1O. The van der Waals surface area contributed by atoms with E-state index in [2.05, 4.69) is 27.9 Å². The van der Waals surface area contributed by atoms with Crippen LogP contribution in [-0.4, -0.2) is 30.1 Å².